The summed E-state index contributed by atoms with van der Waals surface area (Å²) in [4.78, 5) is 27.1. The zero-order valence-corrected chi connectivity index (χ0v) is 10.6. The highest BCUT2D eigenvalue weighted by Crippen LogP contribution is 2.30. The van der Waals surface area contributed by atoms with Gasteiger partial charge in [-0.2, -0.15) is 0 Å². The highest BCUT2D eigenvalue weighted by molar-refractivity contribution is 6.04. The number of benzene rings is 1. The topological polar surface area (TPSA) is 93.5 Å². The van der Waals surface area contributed by atoms with Crippen LogP contribution in [0, 0.1) is 6.92 Å². The van der Waals surface area contributed by atoms with Crippen LogP contribution < -0.4 is 15.4 Å². The van der Waals surface area contributed by atoms with Gasteiger partial charge in [0.1, 0.15) is 11.5 Å². The predicted molar refractivity (Wildman–Crippen MR) is 69.8 cm³/mol. The van der Waals surface area contributed by atoms with Crippen LogP contribution in [0.4, 0.5) is 11.4 Å². The van der Waals surface area contributed by atoms with Gasteiger partial charge in [0.2, 0.25) is 0 Å². The predicted octanol–water partition coefficient (Wildman–Crippen LogP) is 1.57. The quantitative estimate of drug-likeness (QED) is 0.866. The number of aryl methyl sites for hydroxylation is 1. The van der Waals surface area contributed by atoms with E-state index >= 15 is 0 Å². The standard InChI is InChI=1S/C13H11N3O4/c1-7-12(14-6-20-7)13(18)15-8-2-3-10-9(4-8)16-11(17)5-19-10/h2-4,6H,5H2,1H3,(H,15,18)(H,16,17). The zero-order valence-electron chi connectivity index (χ0n) is 10.6. The SMILES string of the molecule is Cc1ocnc1C(=O)Nc1ccc2c(c1)NC(=O)CO2. The first-order valence-electron chi connectivity index (χ1n) is 5.91. The number of oxazole rings is 1. The summed E-state index contributed by atoms with van der Waals surface area (Å²) < 4.78 is 10.2. The van der Waals surface area contributed by atoms with Crippen LogP contribution in [0.5, 0.6) is 5.75 Å². The molecule has 1 aromatic heterocycles. The van der Waals surface area contributed by atoms with E-state index in [4.69, 9.17) is 9.15 Å². The molecule has 3 rings (SSSR count). The van der Waals surface area contributed by atoms with Crippen molar-refractivity contribution in [1.29, 1.82) is 0 Å². The minimum absolute atomic E-state index is 0.00313. The molecule has 0 spiro atoms. The lowest BCUT2D eigenvalue weighted by Gasteiger charge is -2.18. The second kappa shape index (κ2) is 4.69. The van der Waals surface area contributed by atoms with Crippen LogP contribution in [-0.4, -0.2) is 23.4 Å². The maximum atomic E-state index is 12.0. The van der Waals surface area contributed by atoms with E-state index in [1.807, 2.05) is 0 Å². The van der Waals surface area contributed by atoms with Gasteiger partial charge in [-0.1, -0.05) is 0 Å². The van der Waals surface area contributed by atoms with Crippen molar-refractivity contribution in [3.63, 3.8) is 0 Å². The summed E-state index contributed by atoms with van der Waals surface area (Å²) in [5.74, 6) is 0.407. The molecule has 0 saturated heterocycles. The summed E-state index contributed by atoms with van der Waals surface area (Å²) in [7, 11) is 0. The van der Waals surface area contributed by atoms with Crippen molar-refractivity contribution in [2.24, 2.45) is 0 Å². The van der Waals surface area contributed by atoms with E-state index < -0.39 is 0 Å². The molecule has 102 valence electrons. The van der Waals surface area contributed by atoms with Crippen molar-refractivity contribution in [3.8, 4) is 5.75 Å². The van der Waals surface area contributed by atoms with Crippen molar-refractivity contribution in [1.82, 2.24) is 4.98 Å². The third kappa shape index (κ3) is 2.20. The van der Waals surface area contributed by atoms with E-state index in [1.54, 1.807) is 25.1 Å². The molecule has 0 fully saturated rings. The van der Waals surface area contributed by atoms with Crippen LogP contribution in [-0.2, 0) is 4.79 Å². The first-order valence-corrected chi connectivity index (χ1v) is 5.91. The molecule has 0 bridgehead atoms. The van der Waals surface area contributed by atoms with Gasteiger partial charge < -0.3 is 19.8 Å². The van der Waals surface area contributed by atoms with E-state index in [1.165, 1.54) is 6.39 Å². The van der Waals surface area contributed by atoms with E-state index in [0.717, 1.165) is 0 Å². The average molecular weight is 273 g/mol. The number of hydrogen-bond acceptors (Lipinski definition) is 5. The third-order valence-corrected chi connectivity index (χ3v) is 2.83. The lowest BCUT2D eigenvalue weighted by molar-refractivity contribution is -0.118. The summed E-state index contributed by atoms with van der Waals surface area (Å²) in [5.41, 5.74) is 1.28. The number of rotatable bonds is 2. The second-order valence-corrected chi connectivity index (χ2v) is 4.26. The number of anilines is 2. The fraction of sp³-hybridized carbons (Fsp3) is 0.154. The number of hydrogen-bond donors (Lipinski definition) is 2. The number of nitrogens with one attached hydrogen (secondary N) is 2. The van der Waals surface area contributed by atoms with Crippen LogP contribution in [0.1, 0.15) is 16.2 Å². The molecule has 7 nitrogen and oxygen atoms in total. The molecule has 1 aliphatic rings. The minimum Gasteiger partial charge on any atom is -0.482 e. The summed E-state index contributed by atoms with van der Waals surface area (Å²) in [6.45, 7) is 1.65. The lowest BCUT2D eigenvalue weighted by atomic mass is 10.2. The summed E-state index contributed by atoms with van der Waals surface area (Å²) in [6.07, 6.45) is 1.21. The Bertz CT molecular complexity index is 693. The van der Waals surface area contributed by atoms with Gasteiger partial charge in [0.05, 0.1) is 5.69 Å². The van der Waals surface area contributed by atoms with Crippen molar-refractivity contribution in [2.45, 2.75) is 6.92 Å². The van der Waals surface area contributed by atoms with Gasteiger partial charge in [-0.3, -0.25) is 9.59 Å². The second-order valence-electron chi connectivity index (χ2n) is 4.26. The number of amides is 2. The van der Waals surface area contributed by atoms with Gasteiger partial charge in [0.15, 0.2) is 18.7 Å². The molecule has 2 N–H and O–H groups in total. The van der Waals surface area contributed by atoms with Gasteiger partial charge in [0.25, 0.3) is 11.8 Å². The van der Waals surface area contributed by atoms with Crippen molar-refractivity contribution >= 4 is 23.2 Å². The number of carbonyl (C=O) groups is 2. The molecule has 20 heavy (non-hydrogen) atoms. The molecule has 2 heterocycles. The Morgan fingerprint density at radius 1 is 1.45 bits per heavy atom. The molecule has 0 unspecified atom stereocenters. The molecule has 1 aromatic carbocycles. The van der Waals surface area contributed by atoms with Crippen molar-refractivity contribution in [3.05, 3.63) is 36.0 Å². The number of ether oxygens (including phenoxy) is 1. The van der Waals surface area contributed by atoms with Crippen LogP contribution in [0.25, 0.3) is 0 Å². The highest BCUT2D eigenvalue weighted by Gasteiger charge is 2.18. The van der Waals surface area contributed by atoms with Gasteiger partial charge in [-0.15, -0.1) is 0 Å². The largest absolute Gasteiger partial charge is 0.482 e. The fourth-order valence-electron chi connectivity index (χ4n) is 1.87. The molecule has 7 heteroatoms. The van der Waals surface area contributed by atoms with Crippen LogP contribution in [0.3, 0.4) is 0 Å². The molecule has 1 aliphatic heterocycles. The van der Waals surface area contributed by atoms with E-state index in [2.05, 4.69) is 15.6 Å². The molecule has 0 radical (unpaired) electrons. The van der Waals surface area contributed by atoms with Crippen LogP contribution in [0.2, 0.25) is 0 Å². The smallest absolute Gasteiger partial charge is 0.277 e. The van der Waals surface area contributed by atoms with Crippen molar-refractivity contribution in [2.75, 3.05) is 17.2 Å². The van der Waals surface area contributed by atoms with Gasteiger partial charge in [-0.25, -0.2) is 4.98 Å². The Kier molecular flexibility index (Phi) is 2.86. The molecule has 0 aliphatic carbocycles. The van der Waals surface area contributed by atoms with Gasteiger partial charge in [0, 0.05) is 5.69 Å². The number of nitrogens with zero attached hydrogens (tertiary/aromatic N) is 1. The Morgan fingerprint density at radius 2 is 2.30 bits per heavy atom. The first-order chi connectivity index (χ1) is 9.63. The monoisotopic (exact) mass is 273 g/mol. The maximum absolute atomic E-state index is 12.0. The summed E-state index contributed by atoms with van der Waals surface area (Å²) >= 11 is 0. The Morgan fingerprint density at radius 3 is 3.05 bits per heavy atom. The maximum Gasteiger partial charge on any atom is 0.277 e. The number of aromatic nitrogens is 1. The Balaban J connectivity index is 1.82. The molecular weight excluding hydrogens is 262 g/mol. The summed E-state index contributed by atoms with van der Waals surface area (Å²) in [5, 5.41) is 5.35. The molecule has 2 amide bonds. The minimum atomic E-state index is -0.376. The average Bonchev–Trinajstić information content (AvgIpc) is 2.84. The molecule has 2 aromatic rings. The van der Waals surface area contributed by atoms with Crippen molar-refractivity contribution < 1.29 is 18.7 Å². The van der Waals surface area contributed by atoms with E-state index in [-0.39, 0.29) is 24.1 Å². The Labute approximate surface area is 113 Å². The zero-order chi connectivity index (χ0) is 14.1. The van der Waals surface area contributed by atoms with Gasteiger partial charge >= 0.3 is 0 Å². The van der Waals surface area contributed by atoms with Crippen LogP contribution in [0.15, 0.2) is 29.0 Å². The first kappa shape index (κ1) is 12.2. The lowest BCUT2D eigenvalue weighted by Crippen LogP contribution is -2.25. The van der Waals surface area contributed by atoms with Crippen LogP contribution >= 0.6 is 0 Å². The van der Waals surface area contributed by atoms with E-state index in [0.29, 0.717) is 22.9 Å². The molecular formula is C13H11N3O4. The molecule has 0 atom stereocenters. The molecule has 0 saturated carbocycles. The number of carbonyl (C=O) groups excluding carboxylic acids is 2. The summed E-state index contributed by atoms with van der Waals surface area (Å²) in [6, 6.07) is 4.99. The third-order valence-electron chi connectivity index (χ3n) is 2.83. The highest BCUT2D eigenvalue weighted by atomic mass is 16.5. The fourth-order valence-corrected chi connectivity index (χ4v) is 1.87. The van der Waals surface area contributed by atoms with Gasteiger partial charge in [-0.05, 0) is 25.1 Å². The Hall–Kier alpha value is -2.83. The number of fused-ring (bicyclic) bond motifs is 1. The van der Waals surface area contributed by atoms with E-state index in [9.17, 15) is 9.59 Å². The normalized spacial score (nSPS) is 13.2.